The van der Waals surface area contributed by atoms with Gasteiger partial charge in [-0.25, -0.2) is 8.78 Å². The van der Waals surface area contributed by atoms with Gasteiger partial charge in [0.25, 0.3) is 0 Å². The number of benzene rings is 1. The van der Waals surface area contributed by atoms with Crippen LogP contribution in [0, 0.1) is 23.5 Å². The van der Waals surface area contributed by atoms with Gasteiger partial charge in [0.2, 0.25) is 0 Å². The van der Waals surface area contributed by atoms with Crippen LogP contribution in [0.15, 0.2) is 18.2 Å². The van der Waals surface area contributed by atoms with E-state index in [1.54, 1.807) is 0 Å². The summed E-state index contributed by atoms with van der Waals surface area (Å²) in [5.74, 6) is -4.28. The van der Waals surface area contributed by atoms with Crippen LogP contribution in [0.4, 0.5) is 22.0 Å². The van der Waals surface area contributed by atoms with Crippen molar-refractivity contribution >= 4 is 0 Å². The summed E-state index contributed by atoms with van der Waals surface area (Å²) in [6, 6.07) is 3.25. The van der Waals surface area contributed by atoms with E-state index in [4.69, 9.17) is 0 Å². The van der Waals surface area contributed by atoms with Crippen LogP contribution in [0.3, 0.4) is 0 Å². The monoisotopic (exact) mass is 308 g/mol. The van der Waals surface area contributed by atoms with E-state index in [9.17, 15) is 27.1 Å². The molecule has 1 fully saturated rings. The van der Waals surface area contributed by atoms with Crippen molar-refractivity contribution in [1.29, 1.82) is 0 Å². The van der Waals surface area contributed by atoms with Crippen LogP contribution in [0.1, 0.15) is 31.2 Å². The lowest BCUT2D eigenvalue weighted by Crippen LogP contribution is -2.40. The van der Waals surface area contributed by atoms with Crippen LogP contribution in [0.5, 0.6) is 0 Å². The molecule has 1 saturated carbocycles. The molecule has 1 aliphatic carbocycles. The first-order chi connectivity index (χ1) is 9.80. The lowest BCUT2D eigenvalue weighted by Gasteiger charge is -2.36. The summed E-state index contributed by atoms with van der Waals surface area (Å²) in [7, 11) is 0. The number of halogens is 5. The molecule has 0 aromatic heterocycles. The number of aliphatic hydroxyl groups excluding tert-OH is 1. The second-order valence-electron chi connectivity index (χ2n) is 5.57. The molecule has 2 rings (SSSR count). The van der Waals surface area contributed by atoms with Crippen molar-refractivity contribution in [2.24, 2.45) is 11.8 Å². The molecule has 3 atom stereocenters. The highest BCUT2D eigenvalue weighted by atomic mass is 19.4. The van der Waals surface area contributed by atoms with E-state index < -0.39 is 42.2 Å². The number of aliphatic hydroxyl groups is 1. The summed E-state index contributed by atoms with van der Waals surface area (Å²) >= 11 is 0. The molecule has 0 radical (unpaired) electrons. The SMILES string of the molecule is OC(Cc1c(F)cccc1F)C1CCCCC1C(F)(F)F. The normalized spacial score (nSPS) is 24.9. The molecule has 0 amide bonds. The fraction of sp³-hybridized carbons (Fsp3) is 0.600. The molecular formula is C15H17F5O. The second-order valence-corrected chi connectivity index (χ2v) is 5.57. The van der Waals surface area contributed by atoms with E-state index in [1.807, 2.05) is 0 Å². The standard InChI is InChI=1S/C15H17F5O/c16-12-6-3-7-13(17)10(12)8-14(21)9-4-1-2-5-11(9)15(18,19)20/h3,6-7,9,11,14,21H,1-2,4-5,8H2. The van der Waals surface area contributed by atoms with E-state index in [-0.39, 0.29) is 18.4 Å². The molecule has 0 spiro atoms. The van der Waals surface area contributed by atoms with Crippen molar-refractivity contribution < 1.29 is 27.1 Å². The van der Waals surface area contributed by atoms with Gasteiger partial charge in [0, 0.05) is 12.0 Å². The zero-order valence-electron chi connectivity index (χ0n) is 11.3. The fourth-order valence-electron chi connectivity index (χ4n) is 3.11. The van der Waals surface area contributed by atoms with Gasteiger partial charge in [-0.3, -0.25) is 0 Å². The quantitative estimate of drug-likeness (QED) is 0.828. The summed E-state index contributed by atoms with van der Waals surface area (Å²) in [4.78, 5) is 0. The maximum Gasteiger partial charge on any atom is 0.392 e. The summed E-state index contributed by atoms with van der Waals surface area (Å²) in [5.41, 5.74) is -0.350. The first kappa shape index (κ1) is 16.2. The Hall–Kier alpha value is -1.17. The van der Waals surface area contributed by atoms with Gasteiger partial charge in [0.15, 0.2) is 0 Å². The van der Waals surface area contributed by atoms with Crippen LogP contribution >= 0.6 is 0 Å². The van der Waals surface area contributed by atoms with Crippen LogP contribution in [0.25, 0.3) is 0 Å². The first-order valence-corrected chi connectivity index (χ1v) is 6.98. The van der Waals surface area contributed by atoms with Crippen molar-refractivity contribution in [3.8, 4) is 0 Å². The minimum Gasteiger partial charge on any atom is -0.392 e. The highest BCUT2D eigenvalue weighted by molar-refractivity contribution is 5.20. The second kappa shape index (κ2) is 6.30. The molecule has 1 N–H and O–H groups in total. The molecule has 0 aliphatic heterocycles. The minimum absolute atomic E-state index is 0.0367. The highest BCUT2D eigenvalue weighted by Gasteiger charge is 2.47. The van der Waals surface area contributed by atoms with Gasteiger partial charge in [-0.1, -0.05) is 18.9 Å². The Morgan fingerprint density at radius 3 is 2.24 bits per heavy atom. The lowest BCUT2D eigenvalue weighted by atomic mass is 9.74. The predicted molar refractivity (Wildman–Crippen MR) is 67.6 cm³/mol. The Morgan fingerprint density at radius 1 is 1.10 bits per heavy atom. The fourth-order valence-corrected chi connectivity index (χ4v) is 3.11. The van der Waals surface area contributed by atoms with Gasteiger partial charge >= 0.3 is 6.18 Å². The predicted octanol–water partition coefficient (Wildman–Crippen LogP) is 4.24. The van der Waals surface area contributed by atoms with E-state index in [2.05, 4.69) is 0 Å². The molecule has 21 heavy (non-hydrogen) atoms. The Kier molecular flexibility index (Phi) is 4.86. The van der Waals surface area contributed by atoms with Crippen LogP contribution in [0.2, 0.25) is 0 Å². The molecule has 6 heteroatoms. The zero-order valence-corrected chi connectivity index (χ0v) is 11.3. The molecule has 0 bridgehead atoms. The molecule has 0 saturated heterocycles. The van der Waals surface area contributed by atoms with Crippen molar-refractivity contribution in [1.82, 2.24) is 0 Å². The molecule has 0 heterocycles. The third kappa shape index (κ3) is 3.73. The summed E-state index contributed by atoms with van der Waals surface area (Å²) in [6.45, 7) is 0. The maximum atomic E-state index is 13.5. The Labute approximate surface area is 119 Å². The first-order valence-electron chi connectivity index (χ1n) is 6.98. The van der Waals surface area contributed by atoms with Crippen molar-refractivity contribution in [2.45, 2.75) is 44.4 Å². The van der Waals surface area contributed by atoms with Crippen LogP contribution < -0.4 is 0 Å². The van der Waals surface area contributed by atoms with Gasteiger partial charge in [-0.15, -0.1) is 0 Å². The number of hydrogen-bond donors (Lipinski definition) is 1. The van der Waals surface area contributed by atoms with E-state index in [0.717, 1.165) is 12.1 Å². The molecule has 1 aromatic carbocycles. The third-order valence-corrected chi connectivity index (χ3v) is 4.21. The van der Waals surface area contributed by atoms with Crippen LogP contribution in [-0.2, 0) is 6.42 Å². The topological polar surface area (TPSA) is 20.2 Å². The number of rotatable bonds is 3. The molecule has 1 aromatic rings. The summed E-state index contributed by atoms with van der Waals surface area (Å²) < 4.78 is 66.0. The maximum absolute atomic E-state index is 13.5. The number of hydrogen-bond acceptors (Lipinski definition) is 1. The molecule has 118 valence electrons. The van der Waals surface area contributed by atoms with Crippen molar-refractivity contribution in [3.05, 3.63) is 35.4 Å². The highest BCUT2D eigenvalue weighted by Crippen LogP contribution is 2.43. The van der Waals surface area contributed by atoms with Gasteiger partial charge in [0.1, 0.15) is 11.6 Å². The van der Waals surface area contributed by atoms with Gasteiger partial charge in [0.05, 0.1) is 12.0 Å². The third-order valence-electron chi connectivity index (χ3n) is 4.21. The average Bonchev–Trinajstić information content (AvgIpc) is 2.42. The zero-order chi connectivity index (χ0) is 15.6. The number of alkyl halides is 3. The molecular weight excluding hydrogens is 291 g/mol. The van der Waals surface area contributed by atoms with Crippen molar-refractivity contribution in [2.75, 3.05) is 0 Å². The average molecular weight is 308 g/mol. The lowest BCUT2D eigenvalue weighted by molar-refractivity contribution is -0.206. The molecule has 1 nitrogen and oxygen atoms in total. The molecule has 3 unspecified atom stereocenters. The Bertz CT molecular complexity index is 465. The van der Waals surface area contributed by atoms with Gasteiger partial charge in [-0.2, -0.15) is 13.2 Å². The molecule has 1 aliphatic rings. The van der Waals surface area contributed by atoms with Gasteiger partial charge < -0.3 is 5.11 Å². The Morgan fingerprint density at radius 2 is 1.67 bits per heavy atom. The van der Waals surface area contributed by atoms with E-state index in [0.29, 0.717) is 12.8 Å². The Balaban J connectivity index is 2.16. The van der Waals surface area contributed by atoms with Crippen LogP contribution in [-0.4, -0.2) is 17.4 Å². The summed E-state index contributed by atoms with van der Waals surface area (Å²) in [6.07, 6.45) is -4.99. The van der Waals surface area contributed by atoms with Crippen molar-refractivity contribution in [3.63, 3.8) is 0 Å². The van der Waals surface area contributed by atoms with Gasteiger partial charge in [-0.05, 0) is 30.9 Å². The smallest absolute Gasteiger partial charge is 0.392 e. The van der Waals surface area contributed by atoms with E-state index >= 15 is 0 Å². The summed E-state index contributed by atoms with van der Waals surface area (Å²) in [5, 5.41) is 10.1. The van der Waals surface area contributed by atoms with E-state index in [1.165, 1.54) is 6.07 Å². The minimum atomic E-state index is -4.39. The largest absolute Gasteiger partial charge is 0.392 e.